The zero-order chi connectivity index (χ0) is 13.7. The van der Waals surface area contributed by atoms with Crippen molar-refractivity contribution < 1.29 is 9.26 Å². The summed E-state index contributed by atoms with van der Waals surface area (Å²) < 4.78 is 10.6. The van der Waals surface area contributed by atoms with E-state index in [0.717, 1.165) is 6.42 Å². The van der Waals surface area contributed by atoms with Crippen molar-refractivity contribution in [2.45, 2.75) is 25.8 Å². The molecule has 0 saturated carbocycles. The highest BCUT2D eigenvalue weighted by atomic mass is 16.5. The van der Waals surface area contributed by atoms with Crippen LogP contribution in [0.5, 0.6) is 0 Å². The maximum absolute atomic E-state index is 6.13. The first-order chi connectivity index (χ1) is 9.13. The summed E-state index contributed by atoms with van der Waals surface area (Å²) in [5.74, 6) is 0.785. The molecule has 2 N–H and O–H groups in total. The van der Waals surface area contributed by atoms with Gasteiger partial charge in [-0.2, -0.15) is 15.2 Å². The highest BCUT2D eigenvalue weighted by Gasteiger charge is 2.28. The molecule has 7 nitrogen and oxygen atoms in total. The van der Waals surface area contributed by atoms with Crippen molar-refractivity contribution in [3.8, 4) is 11.5 Å². The average molecular weight is 263 g/mol. The van der Waals surface area contributed by atoms with E-state index in [4.69, 9.17) is 15.0 Å². The highest BCUT2D eigenvalue weighted by molar-refractivity contribution is 5.49. The van der Waals surface area contributed by atoms with Gasteiger partial charge in [0, 0.05) is 6.61 Å². The highest BCUT2D eigenvalue weighted by Crippen LogP contribution is 2.20. The fourth-order valence-electron chi connectivity index (χ4n) is 1.48. The van der Waals surface area contributed by atoms with E-state index >= 15 is 0 Å². The van der Waals surface area contributed by atoms with Crippen LogP contribution in [0, 0.1) is 0 Å². The van der Waals surface area contributed by atoms with Crippen molar-refractivity contribution in [3.05, 3.63) is 24.3 Å². The second-order valence-electron chi connectivity index (χ2n) is 4.52. The Morgan fingerprint density at radius 3 is 2.95 bits per heavy atom. The minimum absolute atomic E-state index is 0.342. The SMILES string of the molecule is CCCOCC(C)(N)c1noc(-c2ccnnc2)n1. The van der Waals surface area contributed by atoms with Gasteiger partial charge in [0.05, 0.1) is 24.6 Å². The fraction of sp³-hybridized carbons (Fsp3) is 0.500. The van der Waals surface area contributed by atoms with Gasteiger partial charge in [-0.3, -0.25) is 0 Å². The first-order valence-electron chi connectivity index (χ1n) is 6.11. The first-order valence-corrected chi connectivity index (χ1v) is 6.11. The minimum atomic E-state index is -0.780. The molecule has 0 amide bonds. The number of rotatable bonds is 6. The Hall–Kier alpha value is -1.86. The summed E-state index contributed by atoms with van der Waals surface area (Å²) >= 11 is 0. The van der Waals surface area contributed by atoms with Gasteiger partial charge in [0.25, 0.3) is 5.89 Å². The van der Waals surface area contributed by atoms with Crippen molar-refractivity contribution in [2.75, 3.05) is 13.2 Å². The monoisotopic (exact) mass is 263 g/mol. The van der Waals surface area contributed by atoms with Gasteiger partial charge in [0.15, 0.2) is 5.82 Å². The number of ether oxygens (including phenoxy) is 1. The van der Waals surface area contributed by atoms with Gasteiger partial charge in [-0.25, -0.2) is 0 Å². The summed E-state index contributed by atoms with van der Waals surface area (Å²) in [4.78, 5) is 4.28. The van der Waals surface area contributed by atoms with E-state index in [2.05, 4.69) is 20.3 Å². The molecule has 0 aliphatic heterocycles. The van der Waals surface area contributed by atoms with Crippen molar-refractivity contribution in [3.63, 3.8) is 0 Å². The average Bonchev–Trinajstić information content (AvgIpc) is 2.90. The van der Waals surface area contributed by atoms with Crippen LogP contribution in [-0.2, 0) is 10.3 Å². The molecule has 2 aromatic rings. The van der Waals surface area contributed by atoms with Gasteiger partial charge >= 0.3 is 0 Å². The molecule has 102 valence electrons. The van der Waals surface area contributed by atoms with E-state index in [1.807, 2.05) is 13.8 Å². The number of hydrogen-bond acceptors (Lipinski definition) is 7. The molecule has 0 fully saturated rings. The Kier molecular flexibility index (Phi) is 4.18. The van der Waals surface area contributed by atoms with Gasteiger partial charge < -0.3 is 15.0 Å². The van der Waals surface area contributed by atoms with Crippen LogP contribution in [-0.4, -0.2) is 33.6 Å². The van der Waals surface area contributed by atoms with E-state index in [1.54, 1.807) is 18.5 Å². The molecule has 0 saturated heterocycles. The number of nitrogens with two attached hydrogens (primary N) is 1. The Labute approximate surface area is 111 Å². The zero-order valence-corrected chi connectivity index (χ0v) is 11.0. The van der Waals surface area contributed by atoms with Crippen LogP contribution in [0.1, 0.15) is 26.1 Å². The molecule has 1 unspecified atom stereocenters. The summed E-state index contributed by atoms with van der Waals surface area (Å²) in [6.45, 7) is 4.85. The Morgan fingerprint density at radius 1 is 1.42 bits per heavy atom. The van der Waals surface area contributed by atoms with Gasteiger partial charge in [-0.1, -0.05) is 12.1 Å². The first kappa shape index (κ1) is 13.6. The molecule has 0 spiro atoms. The lowest BCUT2D eigenvalue weighted by atomic mass is 10.1. The number of nitrogens with zero attached hydrogens (tertiary/aromatic N) is 4. The van der Waals surface area contributed by atoms with Gasteiger partial charge in [-0.05, 0) is 19.4 Å². The molecule has 0 radical (unpaired) electrons. The van der Waals surface area contributed by atoms with Crippen molar-refractivity contribution in [2.24, 2.45) is 5.73 Å². The zero-order valence-electron chi connectivity index (χ0n) is 11.0. The molecular formula is C12H17N5O2. The van der Waals surface area contributed by atoms with Crippen LogP contribution < -0.4 is 5.73 Å². The van der Waals surface area contributed by atoms with Gasteiger partial charge in [0.1, 0.15) is 5.54 Å². The van der Waals surface area contributed by atoms with E-state index in [9.17, 15) is 0 Å². The topological polar surface area (TPSA) is 100.0 Å². The Morgan fingerprint density at radius 2 is 2.26 bits per heavy atom. The quantitative estimate of drug-likeness (QED) is 0.779. The van der Waals surface area contributed by atoms with Crippen LogP contribution in [0.15, 0.2) is 23.0 Å². The Balaban J connectivity index is 2.12. The molecule has 1 atom stereocenters. The predicted octanol–water partition coefficient (Wildman–Crippen LogP) is 1.13. The summed E-state index contributed by atoms with van der Waals surface area (Å²) in [5.41, 5.74) is 6.06. The number of hydrogen-bond donors (Lipinski definition) is 1. The van der Waals surface area contributed by atoms with Crippen LogP contribution >= 0.6 is 0 Å². The molecule has 0 aromatic carbocycles. The van der Waals surface area contributed by atoms with E-state index in [1.165, 1.54) is 0 Å². The van der Waals surface area contributed by atoms with Crippen molar-refractivity contribution in [1.29, 1.82) is 0 Å². The summed E-state index contributed by atoms with van der Waals surface area (Å²) in [6, 6.07) is 1.74. The summed E-state index contributed by atoms with van der Waals surface area (Å²) in [6.07, 6.45) is 4.06. The molecule has 19 heavy (non-hydrogen) atoms. The second kappa shape index (κ2) is 5.85. The van der Waals surface area contributed by atoms with E-state index in [0.29, 0.717) is 30.5 Å². The molecule has 2 rings (SSSR count). The van der Waals surface area contributed by atoms with E-state index < -0.39 is 5.54 Å². The molecule has 2 aromatic heterocycles. The summed E-state index contributed by atoms with van der Waals surface area (Å²) in [7, 11) is 0. The maximum atomic E-state index is 6.13. The standard InChI is InChI=1S/C12H17N5O2/c1-3-6-18-8-12(2,13)11-16-10(19-17-11)9-4-5-14-15-7-9/h4-5,7H,3,6,8,13H2,1-2H3. The third-order valence-electron chi connectivity index (χ3n) is 2.52. The summed E-state index contributed by atoms with van der Waals surface area (Å²) in [5, 5.41) is 11.4. The maximum Gasteiger partial charge on any atom is 0.259 e. The van der Waals surface area contributed by atoms with Crippen molar-refractivity contribution in [1.82, 2.24) is 20.3 Å². The molecule has 0 bridgehead atoms. The Bertz CT molecular complexity index is 512. The van der Waals surface area contributed by atoms with Crippen LogP contribution in [0.3, 0.4) is 0 Å². The van der Waals surface area contributed by atoms with Crippen molar-refractivity contribution >= 4 is 0 Å². The lowest BCUT2D eigenvalue weighted by Crippen LogP contribution is -2.39. The molecule has 2 heterocycles. The lowest BCUT2D eigenvalue weighted by molar-refractivity contribution is 0.0867. The molecule has 0 aliphatic rings. The lowest BCUT2D eigenvalue weighted by Gasteiger charge is -2.19. The van der Waals surface area contributed by atoms with Crippen LogP contribution in [0.2, 0.25) is 0 Å². The van der Waals surface area contributed by atoms with Crippen LogP contribution in [0.25, 0.3) is 11.5 Å². The van der Waals surface area contributed by atoms with Gasteiger partial charge in [0.2, 0.25) is 0 Å². The smallest absolute Gasteiger partial charge is 0.259 e. The van der Waals surface area contributed by atoms with Gasteiger partial charge in [-0.15, -0.1) is 0 Å². The molecule has 0 aliphatic carbocycles. The normalized spacial score (nSPS) is 14.3. The third-order valence-corrected chi connectivity index (χ3v) is 2.52. The predicted molar refractivity (Wildman–Crippen MR) is 68.0 cm³/mol. The van der Waals surface area contributed by atoms with E-state index in [-0.39, 0.29) is 0 Å². The largest absolute Gasteiger partial charge is 0.379 e. The second-order valence-corrected chi connectivity index (χ2v) is 4.52. The third kappa shape index (κ3) is 3.33. The minimum Gasteiger partial charge on any atom is -0.379 e. The number of aromatic nitrogens is 4. The fourth-order valence-corrected chi connectivity index (χ4v) is 1.48. The van der Waals surface area contributed by atoms with Crippen LogP contribution in [0.4, 0.5) is 0 Å². The molecule has 7 heteroatoms. The molecular weight excluding hydrogens is 246 g/mol.